The van der Waals surface area contributed by atoms with Gasteiger partial charge < -0.3 is 15.4 Å². The third-order valence-corrected chi connectivity index (χ3v) is 3.33. The molecule has 0 aliphatic carbocycles. The first kappa shape index (κ1) is 20.7. The van der Waals surface area contributed by atoms with E-state index in [-0.39, 0.29) is 18.3 Å². The minimum absolute atomic E-state index is 0. The lowest BCUT2D eigenvalue weighted by atomic mass is 10.1. The molecule has 2 N–H and O–H groups in total. The summed E-state index contributed by atoms with van der Waals surface area (Å²) in [5.41, 5.74) is 2.36. The number of hydrogen-bond donors (Lipinski definition) is 2. The quantitative estimate of drug-likeness (QED) is 0.649. The van der Waals surface area contributed by atoms with Crippen LogP contribution in [-0.4, -0.2) is 32.7 Å². The maximum Gasteiger partial charge on any atom is 0.219 e. The van der Waals surface area contributed by atoms with Gasteiger partial charge in [-0.15, -0.1) is 12.4 Å². The maximum absolute atomic E-state index is 11.6. The van der Waals surface area contributed by atoms with Crippen molar-refractivity contribution in [2.75, 3.05) is 26.7 Å². The molecule has 0 unspecified atom stereocenters. The minimum atomic E-state index is 0. The Balaban J connectivity index is 0.00000441. The number of ether oxygens (including phenoxy) is 1. The van der Waals surface area contributed by atoms with Crippen molar-refractivity contribution in [3.05, 3.63) is 29.3 Å². The topological polar surface area (TPSA) is 50.4 Å². The van der Waals surface area contributed by atoms with Gasteiger partial charge in [0.1, 0.15) is 5.75 Å². The Morgan fingerprint density at radius 2 is 1.91 bits per heavy atom. The molecule has 0 saturated heterocycles. The molecule has 1 rings (SSSR count). The van der Waals surface area contributed by atoms with Crippen LogP contribution in [0.15, 0.2) is 18.2 Å². The van der Waals surface area contributed by atoms with Crippen LogP contribution in [0, 0.1) is 13.8 Å². The van der Waals surface area contributed by atoms with Gasteiger partial charge in [0, 0.05) is 13.0 Å². The molecule has 126 valence electrons. The van der Waals surface area contributed by atoms with E-state index in [1.165, 1.54) is 5.56 Å². The fourth-order valence-electron chi connectivity index (χ4n) is 2.01. The van der Waals surface area contributed by atoms with Gasteiger partial charge in [0.05, 0.1) is 6.61 Å². The van der Waals surface area contributed by atoms with E-state index in [0.29, 0.717) is 13.0 Å². The Kier molecular flexibility index (Phi) is 11.6. The minimum Gasteiger partial charge on any atom is -0.493 e. The Hall–Kier alpha value is -1.26. The number of rotatable bonds is 10. The number of amides is 1. The number of nitrogens with one attached hydrogen (secondary N) is 2. The molecule has 1 aromatic rings. The van der Waals surface area contributed by atoms with E-state index < -0.39 is 0 Å². The van der Waals surface area contributed by atoms with Crippen molar-refractivity contribution >= 4 is 18.3 Å². The first-order chi connectivity index (χ1) is 10.1. The summed E-state index contributed by atoms with van der Waals surface area (Å²) in [6.45, 7) is 6.46. The first-order valence-electron chi connectivity index (χ1n) is 7.75. The normalized spacial score (nSPS) is 9.95. The lowest BCUT2D eigenvalue weighted by molar-refractivity contribution is -0.121. The second-order valence-corrected chi connectivity index (χ2v) is 5.38. The van der Waals surface area contributed by atoms with Crippen molar-refractivity contribution in [3.8, 4) is 5.75 Å². The zero-order valence-electron chi connectivity index (χ0n) is 13.9. The number of aryl methyl sites for hydroxylation is 2. The van der Waals surface area contributed by atoms with Crippen LogP contribution in [0.5, 0.6) is 5.75 Å². The number of benzene rings is 1. The number of carbonyl (C=O) groups excluding carboxylic acids is 1. The predicted molar refractivity (Wildman–Crippen MR) is 94.1 cm³/mol. The summed E-state index contributed by atoms with van der Waals surface area (Å²) < 4.78 is 5.77. The molecular weight excluding hydrogens is 300 g/mol. The molecule has 0 radical (unpaired) electrons. The molecule has 0 aromatic heterocycles. The molecule has 0 aliphatic rings. The maximum atomic E-state index is 11.6. The zero-order chi connectivity index (χ0) is 15.5. The molecule has 5 heteroatoms. The van der Waals surface area contributed by atoms with E-state index in [4.69, 9.17) is 4.74 Å². The second kappa shape index (κ2) is 12.3. The highest BCUT2D eigenvalue weighted by atomic mass is 35.5. The van der Waals surface area contributed by atoms with E-state index in [1.807, 2.05) is 14.0 Å². The van der Waals surface area contributed by atoms with Gasteiger partial charge in [-0.25, -0.2) is 0 Å². The summed E-state index contributed by atoms with van der Waals surface area (Å²) in [7, 11) is 1.91. The lowest BCUT2D eigenvalue weighted by Crippen LogP contribution is -2.26. The van der Waals surface area contributed by atoms with E-state index in [9.17, 15) is 4.79 Å². The van der Waals surface area contributed by atoms with E-state index >= 15 is 0 Å². The first-order valence-corrected chi connectivity index (χ1v) is 7.75. The van der Waals surface area contributed by atoms with Crippen LogP contribution >= 0.6 is 12.4 Å². The summed E-state index contributed by atoms with van der Waals surface area (Å²) in [6.07, 6.45) is 3.31. The fourth-order valence-corrected chi connectivity index (χ4v) is 2.01. The number of carbonyl (C=O) groups is 1. The molecule has 0 spiro atoms. The van der Waals surface area contributed by atoms with Gasteiger partial charge in [-0.3, -0.25) is 4.79 Å². The number of halogens is 1. The number of hydrogen-bond acceptors (Lipinski definition) is 3. The van der Waals surface area contributed by atoms with Crippen LogP contribution in [0.3, 0.4) is 0 Å². The van der Waals surface area contributed by atoms with Crippen LogP contribution in [0.4, 0.5) is 0 Å². The Bertz CT molecular complexity index is 439. The lowest BCUT2D eigenvalue weighted by Gasteiger charge is -2.10. The predicted octanol–water partition coefficient (Wildman–Crippen LogP) is 3.00. The van der Waals surface area contributed by atoms with Crippen LogP contribution in [0.2, 0.25) is 0 Å². The molecular formula is C17H29ClN2O2. The van der Waals surface area contributed by atoms with Gasteiger partial charge in [0.15, 0.2) is 0 Å². The van der Waals surface area contributed by atoms with Crippen LogP contribution in [0.1, 0.15) is 36.8 Å². The van der Waals surface area contributed by atoms with Crippen LogP contribution in [-0.2, 0) is 4.79 Å². The fraction of sp³-hybridized carbons (Fsp3) is 0.588. The van der Waals surface area contributed by atoms with Crippen molar-refractivity contribution in [3.63, 3.8) is 0 Å². The molecule has 0 aliphatic heterocycles. The Morgan fingerprint density at radius 3 is 2.64 bits per heavy atom. The molecule has 1 aromatic carbocycles. The number of unbranched alkanes of at least 4 members (excludes halogenated alkanes) is 1. The molecule has 1 amide bonds. The van der Waals surface area contributed by atoms with Crippen molar-refractivity contribution < 1.29 is 9.53 Å². The third-order valence-electron chi connectivity index (χ3n) is 3.33. The highest BCUT2D eigenvalue weighted by Crippen LogP contribution is 2.19. The van der Waals surface area contributed by atoms with Gasteiger partial charge in [-0.05, 0) is 63.9 Å². The molecule has 22 heavy (non-hydrogen) atoms. The van der Waals surface area contributed by atoms with Crippen molar-refractivity contribution in [1.29, 1.82) is 0 Å². The summed E-state index contributed by atoms with van der Waals surface area (Å²) in [4.78, 5) is 11.6. The monoisotopic (exact) mass is 328 g/mol. The zero-order valence-corrected chi connectivity index (χ0v) is 14.7. The van der Waals surface area contributed by atoms with Gasteiger partial charge in [-0.1, -0.05) is 12.1 Å². The van der Waals surface area contributed by atoms with Gasteiger partial charge >= 0.3 is 0 Å². The molecule has 0 saturated carbocycles. The van der Waals surface area contributed by atoms with E-state index in [0.717, 1.165) is 43.7 Å². The van der Waals surface area contributed by atoms with Crippen LogP contribution < -0.4 is 15.4 Å². The highest BCUT2D eigenvalue weighted by molar-refractivity contribution is 5.85. The van der Waals surface area contributed by atoms with Crippen molar-refractivity contribution in [2.24, 2.45) is 0 Å². The average molecular weight is 329 g/mol. The van der Waals surface area contributed by atoms with Gasteiger partial charge in [-0.2, -0.15) is 0 Å². The molecule has 0 atom stereocenters. The second-order valence-electron chi connectivity index (χ2n) is 5.38. The van der Waals surface area contributed by atoms with E-state index in [2.05, 4.69) is 35.8 Å². The average Bonchev–Trinajstić information content (AvgIpc) is 2.47. The SMILES string of the molecule is CNCCCNC(=O)CCCCOc1cc(C)ccc1C.Cl. The molecule has 0 heterocycles. The highest BCUT2D eigenvalue weighted by Gasteiger charge is 2.02. The Morgan fingerprint density at radius 1 is 1.14 bits per heavy atom. The summed E-state index contributed by atoms with van der Waals surface area (Å²) in [5, 5.41) is 5.98. The summed E-state index contributed by atoms with van der Waals surface area (Å²) in [6, 6.07) is 6.22. The van der Waals surface area contributed by atoms with E-state index in [1.54, 1.807) is 0 Å². The summed E-state index contributed by atoms with van der Waals surface area (Å²) in [5.74, 6) is 1.09. The van der Waals surface area contributed by atoms with Crippen molar-refractivity contribution in [2.45, 2.75) is 39.5 Å². The van der Waals surface area contributed by atoms with Crippen molar-refractivity contribution in [1.82, 2.24) is 10.6 Å². The molecule has 0 bridgehead atoms. The summed E-state index contributed by atoms with van der Waals surface area (Å²) >= 11 is 0. The molecule has 0 fully saturated rings. The van der Waals surface area contributed by atoms with Gasteiger partial charge in [0.25, 0.3) is 0 Å². The van der Waals surface area contributed by atoms with Gasteiger partial charge in [0.2, 0.25) is 5.91 Å². The third kappa shape index (κ3) is 8.90. The molecule has 4 nitrogen and oxygen atoms in total. The Labute approximate surface area is 140 Å². The smallest absolute Gasteiger partial charge is 0.219 e. The van der Waals surface area contributed by atoms with Crippen LogP contribution in [0.25, 0.3) is 0 Å². The standard InChI is InChI=1S/C17H28N2O2.ClH/c1-14-8-9-15(2)16(13-14)21-12-5-4-7-17(20)19-11-6-10-18-3;/h8-9,13,18H,4-7,10-12H2,1-3H3,(H,19,20);1H. The largest absolute Gasteiger partial charge is 0.493 e.